The van der Waals surface area contributed by atoms with Crippen molar-refractivity contribution in [2.45, 2.75) is 19.3 Å². The van der Waals surface area contributed by atoms with Crippen molar-refractivity contribution in [3.8, 4) is 0 Å². The summed E-state index contributed by atoms with van der Waals surface area (Å²) in [4.78, 5) is 31.3. The van der Waals surface area contributed by atoms with Crippen LogP contribution in [0.25, 0.3) is 0 Å². The molecule has 0 aromatic heterocycles. The number of aliphatic imine (C=N–C) groups is 1. The highest BCUT2D eigenvalue weighted by atomic mass is 16.2. The second-order valence-corrected chi connectivity index (χ2v) is 4.75. The molecular weight excluding hydrogens is 232 g/mol. The van der Waals surface area contributed by atoms with Crippen molar-refractivity contribution < 1.29 is 9.59 Å². The van der Waals surface area contributed by atoms with Crippen LogP contribution in [0.15, 0.2) is 16.8 Å². The number of likely N-dealkylation sites (tertiary alicyclic amines) is 1. The molecule has 0 unspecified atom stereocenters. The average Bonchev–Trinajstić information content (AvgIpc) is 2.34. The second-order valence-electron chi connectivity index (χ2n) is 4.75. The molecule has 2 rings (SSSR count). The summed E-state index contributed by atoms with van der Waals surface area (Å²) in [6.07, 6.45) is 4.83. The molecule has 2 heterocycles. The van der Waals surface area contributed by atoms with Crippen molar-refractivity contribution in [1.82, 2.24) is 15.1 Å². The molecule has 2 aliphatic rings. The van der Waals surface area contributed by atoms with E-state index in [-0.39, 0.29) is 11.5 Å². The molecule has 2 amide bonds. The molecule has 0 radical (unpaired) electrons. The van der Waals surface area contributed by atoms with Gasteiger partial charge >= 0.3 is 0 Å². The summed E-state index contributed by atoms with van der Waals surface area (Å²) in [5, 5.41) is 2.69. The average molecular weight is 250 g/mol. The summed E-state index contributed by atoms with van der Waals surface area (Å²) in [7, 11) is 3.52. The van der Waals surface area contributed by atoms with E-state index < -0.39 is 5.91 Å². The summed E-state index contributed by atoms with van der Waals surface area (Å²) < 4.78 is 0. The predicted octanol–water partition coefficient (Wildman–Crippen LogP) is -0.0698. The molecule has 18 heavy (non-hydrogen) atoms. The summed E-state index contributed by atoms with van der Waals surface area (Å²) in [6.45, 7) is 1.69. The van der Waals surface area contributed by atoms with Crippen LogP contribution >= 0.6 is 0 Å². The van der Waals surface area contributed by atoms with E-state index in [4.69, 9.17) is 0 Å². The minimum absolute atomic E-state index is 0.0840. The maximum atomic E-state index is 11.9. The van der Waals surface area contributed by atoms with Crippen LogP contribution in [0.5, 0.6) is 0 Å². The lowest BCUT2D eigenvalue weighted by Gasteiger charge is -2.31. The third kappa shape index (κ3) is 2.69. The zero-order chi connectivity index (χ0) is 13.1. The van der Waals surface area contributed by atoms with E-state index in [2.05, 4.69) is 10.3 Å². The van der Waals surface area contributed by atoms with Gasteiger partial charge in [0.2, 0.25) is 5.96 Å². The number of carbonyl (C=O) groups excluding carboxylic acids is 2. The Morgan fingerprint density at radius 3 is 2.44 bits per heavy atom. The topological polar surface area (TPSA) is 65.0 Å². The fourth-order valence-corrected chi connectivity index (χ4v) is 2.08. The standard InChI is InChI=1S/C12H18N4O2/c1-15(2)8-9-10(17)13-12(14-11(9)18)16-6-4-3-5-7-16/h8H,3-7H2,1-2H3,(H,13,14,17,18). The van der Waals surface area contributed by atoms with Gasteiger partial charge < -0.3 is 9.80 Å². The van der Waals surface area contributed by atoms with E-state index in [1.54, 1.807) is 19.0 Å². The number of hydrogen-bond donors (Lipinski definition) is 1. The first-order valence-corrected chi connectivity index (χ1v) is 6.15. The largest absolute Gasteiger partial charge is 0.383 e. The van der Waals surface area contributed by atoms with Gasteiger partial charge in [0.25, 0.3) is 11.8 Å². The van der Waals surface area contributed by atoms with E-state index in [1.807, 2.05) is 4.90 Å². The third-order valence-corrected chi connectivity index (χ3v) is 2.95. The Kier molecular flexibility index (Phi) is 3.64. The zero-order valence-corrected chi connectivity index (χ0v) is 10.8. The lowest BCUT2D eigenvalue weighted by Crippen LogP contribution is -2.50. The first kappa shape index (κ1) is 12.6. The summed E-state index contributed by atoms with van der Waals surface area (Å²) >= 11 is 0. The van der Waals surface area contributed by atoms with Gasteiger partial charge in [0.05, 0.1) is 0 Å². The lowest BCUT2D eigenvalue weighted by atomic mass is 10.1. The Morgan fingerprint density at radius 2 is 1.89 bits per heavy atom. The first-order valence-electron chi connectivity index (χ1n) is 6.15. The van der Waals surface area contributed by atoms with Gasteiger partial charge in [-0.15, -0.1) is 0 Å². The van der Waals surface area contributed by atoms with E-state index in [9.17, 15) is 9.59 Å². The number of hydrogen-bond acceptors (Lipinski definition) is 4. The van der Waals surface area contributed by atoms with E-state index in [0.29, 0.717) is 5.96 Å². The van der Waals surface area contributed by atoms with Crippen molar-refractivity contribution in [2.75, 3.05) is 27.2 Å². The number of rotatable bonds is 1. The van der Waals surface area contributed by atoms with Crippen LogP contribution in [0.2, 0.25) is 0 Å². The third-order valence-electron chi connectivity index (χ3n) is 2.95. The zero-order valence-electron chi connectivity index (χ0n) is 10.8. The van der Waals surface area contributed by atoms with Crippen molar-refractivity contribution >= 4 is 17.8 Å². The van der Waals surface area contributed by atoms with Crippen LogP contribution in [-0.4, -0.2) is 54.8 Å². The van der Waals surface area contributed by atoms with E-state index in [1.165, 1.54) is 12.6 Å². The highest BCUT2D eigenvalue weighted by molar-refractivity contribution is 6.27. The van der Waals surface area contributed by atoms with Gasteiger partial charge in [0.15, 0.2) is 0 Å². The smallest absolute Gasteiger partial charge is 0.287 e. The molecule has 0 atom stereocenters. The van der Waals surface area contributed by atoms with Crippen LogP contribution in [0.4, 0.5) is 0 Å². The Hall–Kier alpha value is -1.85. The first-order chi connectivity index (χ1) is 8.58. The maximum Gasteiger partial charge on any atom is 0.287 e. The minimum atomic E-state index is -0.465. The Balaban J connectivity index is 2.17. The number of nitrogens with zero attached hydrogens (tertiary/aromatic N) is 3. The number of guanidine groups is 1. The van der Waals surface area contributed by atoms with Crippen molar-refractivity contribution in [3.63, 3.8) is 0 Å². The quantitative estimate of drug-likeness (QED) is 0.522. The van der Waals surface area contributed by atoms with Crippen LogP contribution in [0.1, 0.15) is 19.3 Å². The number of piperidine rings is 1. The number of amides is 2. The molecule has 0 spiro atoms. The molecular formula is C12H18N4O2. The highest BCUT2D eigenvalue weighted by Gasteiger charge is 2.28. The SMILES string of the molecule is CN(C)/C=C1\C(=O)N=C(N2CCCCC2)NC1=O. The summed E-state index contributed by atoms with van der Waals surface area (Å²) in [5.41, 5.74) is 0.0840. The molecule has 6 heteroatoms. The normalized spacial score (nSPS) is 22.9. The molecule has 1 fully saturated rings. The van der Waals surface area contributed by atoms with E-state index in [0.717, 1.165) is 25.9 Å². The van der Waals surface area contributed by atoms with Crippen molar-refractivity contribution in [3.05, 3.63) is 11.8 Å². The van der Waals surface area contributed by atoms with Crippen LogP contribution in [0.3, 0.4) is 0 Å². The van der Waals surface area contributed by atoms with Gasteiger partial charge in [-0.05, 0) is 19.3 Å². The highest BCUT2D eigenvalue weighted by Crippen LogP contribution is 2.12. The van der Waals surface area contributed by atoms with Gasteiger partial charge in [-0.3, -0.25) is 14.9 Å². The molecule has 0 aromatic rings. The Labute approximate surface area is 106 Å². The fourth-order valence-electron chi connectivity index (χ4n) is 2.08. The monoisotopic (exact) mass is 250 g/mol. The molecule has 0 aromatic carbocycles. The molecule has 1 N–H and O–H groups in total. The second kappa shape index (κ2) is 5.20. The maximum absolute atomic E-state index is 11.9. The van der Waals surface area contributed by atoms with Gasteiger partial charge in [-0.25, -0.2) is 0 Å². The molecule has 98 valence electrons. The predicted molar refractivity (Wildman–Crippen MR) is 67.8 cm³/mol. The van der Waals surface area contributed by atoms with Gasteiger partial charge in [-0.2, -0.15) is 4.99 Å². The van der Waals surface area contributed by atoms with E-state index >= 15 is 0 Å². The van der Waals surface area contributed by atoms with Crippen LogP contribution < -0.4 is 5.32 Å². The minimum Gasteiger partial charge on any atom is -0.383 e. The molecule has 0 bridgehead atoms. The van der Waals surface area contributed by atoms with Crippen molar-refractivity contribution in [1.29, 1.82) is 0 Å². The van der Waals surface area contributed by atoms with Gasteiger partial charge in [0, 0.05) is 33.4 Å². The van der Waals surface area contributed by atoms with Crippen LogP contribution in [-0.2, 0) is 9.59 Å². The molecule has 1 saturated heterocycles. The number of carbonyl (C=O) groups is 2. The van der Waals surface area contributed by atoms with Gasteiger partial charge in [-0.1, -0.05) is 0 Å². The number of nitrogens with one attached hydrogen (secondary N) is 1. The lowest BCUT2D eigenvalue weighted by molar-refractivity contribution is -0.122. The summed E-state index contributed by atoms with van der Waals surface area (Å²) in [6, 6.07) is 0. The van der Waals surface area contributed by atoms with Crippen molar-refractivity contribution in [2.24, 2.45) is 4.99 Å². The van der Waals surface area contributed by atoms with Crippen LogP contribution in [0, 0.1) is 0 Å². The molecule has 6 nitrogen and oxygen atoms in total. The summed E-state index contributed by atoms with van der Waals surface area (Å²) in [5.74, 6) is -0.432. The fraction of sp³-hybridized carbons (Fsp3) is 0.583. The molecule has 2 aliphatic heterocycles. The Morgan fingerprint density at radius 1 is 1.22 bits per heavy atom. The molecule has 0 aliphatic carbocycles. The molecule has 0 saturated carbocycles. The van der Waals surface area contributed by atoms with Gasteiger partial charge in [0.1, 0.15) is 5.57 Å². The Bertz CT molecular complexity index is 420.